The van der Waals surface area contributed by atoms with Crippen molar-refractivity contribution in [3.05, 3.63) is 0 Å². The lowest BCUT2D eigenvalue weighted by Gasteiger charge is -2.25. The molecule has 3 atom stereocenters. The molecule has 5 nitrogen and oxygen atoms in total. The highest BCUT2D eigenvalue weighted by Gasteiger charge is 2.19. The van der Waals surface area contributed by atoms with Gasteiger partial charge in [0, 0.05) is 22.3 Å². The number of unbranched alkanes of at least 4 members (excludes halogenated alkanes) is 13. The quantitative estimate of drug-likeness (QED) is 0.0847. The van der Waals surface area contributed by atoms with Gasteiger partial charge in [0.25, 0.3) is 0 Å². The molecule has 0 fully saturated rings. The third kappa shape index (κ3) is 25.5. The molecular formula is C25H55NO4PS2+. The van der Waals surface area contributed by atoms with Crippen molar-refractivity contribution in [3.8, 4) is 0 Å². The Morgan fingerprint density at radius 3 is 1.76 bits per heavy atom. The molecule has 0 aliphatic rings. The van der Waals surface area contributed by atoms with Gasteiger partial charge in [0.2, 0.25) is 0 Å². The largest absolute Gasteiger partial charge is 0.329 e. The smallest absolute Gasteiger partial charge is 0.324 e. The van der Waals surface area contributed by atoms with E-state index in [1.54, 1.807) is 0 Å². The molecule has 0 aliphatic carbocycles. The molecule has 0 saturated carbocycles. The topological polar surface area (TPSA) is 55.8 Å². The number of nitrogens with zero attached hydrogens (tertiary/aromatic N) is 1. The van der Waals surface area contributed by atoms with Gasteiger partial charge in [-0.2, -0.15) is 0 Å². The van der Waals surface area contributed by atoms with E-state index >= 15 is 0 Å². The van der Waals surface area contributed by atoms with Crippen LogP contribution in [-0.4, -0.2) is 66.0 Å². The number of hydrogen-bond donors (Lipinski definition) is 1. The lowest BCUT2D eigenvalue weighted by molar-refractivity contribution is -0.870. The first-order valence-electron chi connectivity index (χ1n) is 13.3. The summed E-state index contributed by atoms with van der Waals surface area (Å²) in [6.45, 7) is 2.48. The second-order valence-electron chi connectivity index (χ2n) is 10.6. The maximum atomic E-state index is 12.3. The lowest BCUT2D eigenvalue weighted by atomic mass is 10.0. The van der Waals surface area contributed by atoms with Gasteiger partial charge in [-0.25, -0.2) is 0 Å². The van der Waals surface area contributed by atoms with E-state index in [1.165, 1.54) is 83.5 Å². The van der Waals surface area contributed by atoms with Crippen LogP contribution in [0.15, 0.2) is 0 Å². The normalized spacial score (nSPS) is 15.9. The van der Waals surface area contributed by atoms with Crippen molar-refractivity contribution in [2.75, 3.05) is 52.4 Å². The van der Waals surface area contributed by atoms with E-state index in [0.717, 1.165) is 23.2 Å². The van der Waals surface area contributed by atoms with Crippen molar-refractivity contribution in [1.82, 2.24) is 0 Å². The Balaban J connectivity index is 3.57. The van der Waals surface area contributed by atoms with Crippen LogP contribution in [-0.2, 0) is 31.7 Å². The van der Waals surface area contributed by atoms with Crippen LogP contribution < -0.4 is 0 Å². The van der Waals surface area contributed by atoms with E-state index in [1.807, 2.05) is 6.92 Å². The van der Waals surface area contributed by atoms with Crippen molar-refractivity contribution in [2.45, 2.75) is 104 Å². The summed E-state index contributed by atoms with van der Waals surface area (Å²) < 4.78 is 23.9. The molecule has 0 amide bonds. The van der Waals surface area contributed by atoms with Gasteiger partial charge in [0.05, 0.1) is 27.7 Å². The van der Waals surface area contributed by atoms with Crippen molar-refractivity contribution >= 4 is 29.3 Å². The highest BCUT2D eigenvalue weighted by atomic mass is 32.5. The molecule has 2 unspecified atom stereocenters. The van der Waals surface area contributed by atoms with Crippen LogP contribution in [0.25, 0.3) is 0 Å². The first-order chi connectivity index (χ1) is 15.6. The molecule has 0 saturated heterocycles. The van der Waals surface area contributed by atoms with E-state index < -0.39 is 17.5 Å². The van der Waals surface area contributed by atoms with Crippen molar-refractivity contribution < 1.29 is 22.6 Å². The van der Waals surface area contributed by atoms with E-state index in [9.17, 15) is 9.10 Å². The Kier molecular flexibility index (Phi) is 21.2. The summed E-state index contributed by atoms with van der Waals surface area (Å²) in [6.07, 6.45) is 18.7. The minimum atomic E-state index is -3.20. The molecule has 0 aromatic heterocycles. The Hall–Kier alpha value is 0.640. The van der Waals surface area contributed by atoms with Crippen LogP contribution in [0.4, 0.5) is 0 Å². The van der Waals surface area contributed by atoms with Gasteiger partial charge in [0.1, 0.15) is 13.2 Å². The minimum absolute atomic E-state index is 0.0916. The number of hydrogen-bond acceptors (Lipinski definition) is 4. The average molecular weight is 529 g/mol. The van der Waals surface area contributed by atoms with Gasteiger partial charge in [-0.05, 0) is 24.1 Å². The van der Waals surface area contributed by atoms with Crippen molar-refractivity contribution in [3.63, 3.8) is 0 Å². The van der Waals surface area contributed by atoms with E-state index in [0.29, 0.717) is 19.0 Å². The summed E-state index contributed by atoms with van der Waals surface area (Å²) in [5, 5.41) is 0. The highest BCUT2D eigenvalue weighted by molar-refractivity contribution is 8.07. The minimum Gasteiger partial charge on any atom is -0.329 e. The van der Waals surface area contributed by atoms with Crippen LogP contribution in [0.3, 0.4) is 0 Å². The standard InChI is InChI=1S/C25H54NO4PS2/c1-6-7-8-9-10-11-12-13-14-15-16-17-18-19-22-33(28)24-25(2)23-30-31(27,32)29-21-20-26(3,4)5/h25H,6-24H2,1-5H3/p+1/t25?,31?,33-/m0/s1. The Morgan fingerprint density at radius 2 is 1.30 bits per heavy atom. The first-order valence-corrected chi connectivity index (χ1v) is 17.4. The molecule has 0 heterocycles. The van der Waals surface area contributed by atoms with Gasteiger partial charge in [0.15, 0.2) is 0 Å². The van der Waals surface area contributed by atoms with Gasteiger partial charge in [-0.15, -0.1) is 0 Å². The maximum absolute atomic E-state index is 12.3. The third-order valence-electron chi connectivity index (χ3n) is 5.73. The van der Waals surface area contributed by atoms with Crippen LogP contribution in [0.5, 0.6) is 0 Å². The zero-order valence-corrected chi connectivity index (χ0v) is 24.9. The lowest BCUT2D eigenvalue weighted by Crippen LogP contribution is -2.37. The number of likely N-dealkylation sites (N-methyl/N-ethyl adjacent to an activating group) is 1. The van der Waals surface area contributed by atoms with E-state index in [2.05, 4.69) is 28.1 Å². The van der Waals surface area contributed by atoms with Crippen LogP contribution in [0.1, 0.15) is 104 Å². The SMILES string of the molecule is CCCCCCCCCCCCCCCC[S@](=O)CC(C)COP(O)(=S)OCC[N+](C)(C)C. The summed E-state index contributed by atoms with van der Waals surface area (Å²) in [5.74, 6) is 1.44. The fourth-order valence-corrected chi connectivity index (χ4v) is 6.25. The van der Waals surface area contributed by atoms with Crippen LogP contribution >= 0.6 is 6.72 Å². The average Bonchev–Trinajstić information content (AvgIpc) is 2.71. The van der Waals surface area contributed by atoms with Crippen molar-refractivity contribution in [2.24, 2.45) is 5.92 Å². The van der Waals surface area contributed by atoms with Gasteiger partial charge in [-0.1, -0.05) is 97.3 Å². The van der Waals surface area contributed by atoms with Crippen LogP contribution in [0.2, 0.25) is 0 Å². The summed E-state index contributed by atoms with van der Waals surface area (Å²) in [7, 11) is 5.33. The molecule has 1 N–H and O–H groups in total. The summed E-state index contributed by atoms with van der Waals surface area (Å²) in [6, 6.07) is 0. The Bertz CT molecular complexity index is 529. The molecule has 33 heavy (non-hydrogen) atoms. The third-order valence-corrected chi connectivity index (χ3v) is 9.04. The predicted molar refractivity (Wildman–Crippen MR) is 149 cm³/mol. The molecule has 0 bridgehead atoms. The Labute approximate surface area is 213 Å². The van der Waals surface area contributed by atoms with E-state index in [-0.39, 0.29) is 5.92 Å². The summed E-state index contributed by atoms with van der Waals surface area (Å²) >= 11 is 5.07. The van der Waals surface area contributed by atoms with Gasteiger partial charge < -0.3 is 18.4 Å². The van der Waals surface area contributed by atoms with Crippen molar-refractivity contribution in [1.29, 1.82) is 0 Å². The van der Waals surface area contributed by atoms with E-state index in [4.69, 9.17) is 20.9 Å². The molecule has 0 rings (SSSR count). The van der Waals surface area contributed by atoms with Gasteiger partial charge >= 0.3 is 6.72 Å². The van der Waals surface area contributed by atoms with Gasteiger partial charge in [-0.3, -0.25) is 4.21 Å². The number of quaternary nitrogens is 1. The molecular weight excluding hydrogens is 473 g/mol. The maximum Gasteiger partial charge on any atom is 0.324 e. The second-order valence-corrected chi connectivity index (χ2v) is 15.1. The van der Waals surface area contributed by atoms with Crippen LogP contribution in [0, 0.1) is 5.92 Å². The Morgan fingerprint density at radius 1 is 0.848 bits per heavy atom. The molecule has 0 aliphatic heterocycles. The summed E-state index contributed by atoms with van der Waals surface area (Å²) in [5.41, 5.74) is 0. The second kappa shape index (κ2) is 20.8. The molecule has 8 heteroatoms. The fourth-order valence-electron chi connectivity index (χ4n) is 3.60. The zero-order chi connectivity index (χ0) is 25.0. The molecule has 200 valence electrons. The molecule has 0 aromatic rings. The summed E-state index contributed by atoms with van der Waals surface area (Å²) in [4.78, 5) is 10.1. The molecule has 0 spiro atoms. The predicted octanol–water partition coefficient (Wildman–Crippen LogP) is 6.81. The fraction of sp³-hybridized carbons (Fsp3) is 1.00. The highest BCUT2D eigenvalue weighted by Crippen LogP contribution is 2.43. The zero-order valence-electron chi connectivity index (χ0n) is 22.4. The monoisotopic (exact) mass is 528 g/mol. The molecule has 0 radical (unpaired) electrons. The first kappa shape index (κ1) is 33.6. The molecule has 0 aromatic carbocycles. The number of rotatable bonds is 24.